The summed E-state index contributed by atoms with van der Waals surface area (Å²) in [7, 11) is 0. The second-order valence-electron chi connectivity index (χ2n) is 7.09. The van der Waals surface area contributed by atoms with Gasteiger partial charge in [0.15, 0.2) is 5.13 Å². The Kier molecular flexibility index (Phi) is 5.62. The van der Waals surface area contributed by atoms with Crippen LogP contribution in [0, 0.1) is 12.7 Å². The molecule has 0 unspecified atom stereocenters. The fourth-order valence-electron chi connectivity index (χ4n) is 3.58. The van der Waals surface area contributed by atoms with Crippen molar-refractivity contribution in [2.45, 2.75) is 39.2 Å². The lowest BCUT2D eigenvalue weighted by atomic mass is 10.1. The molecule has 3 heterocycles. The van der Waals surface area contributed by atoms with E-state index in [0.29, 0.717) is 29.5 Å². The minimum absolute atomic E-state index is 0.0232. The van der Waals surface area contributed by atoms with Crippen LogP contribution in [0.5, 0.6) is 0 Å². The van der Waals surface area contributed by atoms with Gasteiger partial charge in [0.05, 0.1) is 11.9 Å². The van der Waals surface area contributed by atoms with Crippen molar-refractivity contribution in [1.29, 1.82) is 0 Å². The number of hydrogen-bond acceptors (Lipinski definition) is 6. The molecule has 0 aliphatic carbocycles. The average Bonchev–Trinajstić information content (AvgIpc) is 3.43. The van der Waals surface area contributed by atoms with Crippen molar-refractivity contribution in [2.24, 2.45) is 0 Å². The molecule has 1 aromatic carbocycles. The van der Waals surface area contributed by atoms with E-state index in [1.165, 1.54) is 23.5 Å². The van der Waals surface area contributed by atoms with Crippen LogP contribution in [0.2, 0.25) is 0 Å². The Morgan fingerprint density at radius 2 is 2.17 bits per heavy atom. The zero-order valence-corrected chi connectivity index (χ0v) is 17.3. The highest BCUT2D eigenvalue weighted by Gasteiger charge is 2.35. The topological polar surface area (TPSA) is 71.3 Å². The number of rotatable bonds is 6. The van der Waals surface area contributed by atoms with Crippen LogP contribution in [0.3, 0.4) is 0 Å². The van der Waals surface area contributed by atoms with Crippen LogP contribution in [0.4, 0.5) is 9.52 Å². The molecule has 1 fully saturated rings. The van der Waals surface area contributed by atoms with Crippen molar-refractivity contribution in [1.82, 2.24) is 14.9 Å². The number of likely N-dealkylation sites (tertiary alicyclic amines) is 1. The number of aryl methyl sites for hydroxylation is 1. The number of anilines is 1. The molecule has 152 valence electrons. The van der Waals surface area contributed by atoms with Crippen LogP contribution in [0.1, 0.15) is 58.4 Å². The number of thiazole rings is 1. The third-order valence-corrected chi connectivity index (χ3v) is 6.08. The minimum atomic E-state index is -0.261. The summed E-state index contributed by atoms with van der Waals surface area (Å²) in [5.74, 6) is 0.976. The SMILES string of the molecule is CCNc1nc(C)c(C(=O)N2CCC[C@H]2c2ncc(Cc3ccc(F)cc3)o2)s1. The molecule has 2 aromatic heterocycles. The molecule has 0 spiro atoms. The van der Waals surface area contributed by atoms with Gasteiger partial charge in [0, 0.05) is 19.5 Å². The van der Waals surface area contributed by atoms with E-state index in [1.54, 1.807) is 18.3 Å². The number of oxazole rings is 1. The first-order valence-corrected chi connectivity index (χ1v) is 10.6. The average molecular weight is 415 g/mol. The first kappa shape index (κ1) is 19.6. The van der Waals surface area contributed by atoms with Gasteiger partial charge in [-0.3, -0.25) is 4.79 Å². The summed E-state index contributed by atoms with van der Waals surface area (Å²) in [6.07, 6.45) is 3.96. The number of nitrogens with zero attached hydrogens (tertiary/aromatic N) is 3. The lowest BCUT2D eigenvalue weighted by Crippen LogP contribution is -2.30. The van der Waals surface area contributed by atoms with E-state index >= 15 is 0 Å². The summed E-state index contributed by atoms with van der Waals surface area (Å²) in [6, 6.07) is 6.16. The number of amides is 1. The van der Waals surface area contributed by atoms with Gasteiger partial charge in [0.2, 0.25) is 5.89 Å². The zero-order valence-electron chi connectivity index (χ0n) is 16.4. The smallest absolute Gasteiger partial charge is 0.266 e. The molecule has 29 heavy (non-hydrogen) atoms. The number of aromatic nitrogens is 2. The summed E-state index contributed by atoms with van der Waals surface area (Å²) >= 11 is 1.39. The molecule has 1 aliphatic rings. The fraction of sp³-hybridized carbons (Fsp3) is 0.381. The zero-order chi connectivity index (χ0) is 20.4. The first-order valence-electron chi connectivity index (χ1n) is 9.76. The van der Waals surface area contributed by atoms with Gasteiger partial charge in [-0.1, -0.05) is 23.5 Å². The van der Waals surface area contributed by atoms with Crippen molar-refractivity contribution in [2.75, 3.05) is 18.4 Å². The normalized spacial score (nSPS) is 16.4. The molecule has 3 aromatic rings. The molecule has 8 heteroatoms. The standard InChI is InChI=1S/C21H23FN4O2S/c1-3-23-21-25-13(2)18(29-21)20(27)26-10-4-5-17(26)19-24-12-16(28-19)11-14-6-8-15(22)9-7-14/h6-9,12,17H,3-5,10-11H2,1-2H3,(H,23,25)/t17-/m0/s1. The second-order valence-corrected chi connectivity index (χ2v) is 8.09. The highest BCUT2D eigenvalue weighted by molar-refractivity contribution is 7.17. The Bertz CT molecular complexity index is 999. The van der Waals surface area contributed by atoms with E-state index < -0.39 is 0 Å². The number of carbonyl (C=O) groups excluding carboxylic acids is 1. The monoisotopic (exact) mass is 414 g/mol. The van der Waals surface area contributed by atoms with Crippen molar-refractivity contribution in [3.8, 4) is 0 Å². The molecule has 1 N–H and O–H groups in total. The Labute approximate surface area is 172 Å². The highest BCUT2D eigenvalue weighted by Crippen LogP contribution is 2.35. The molecule has 4 rings (SSSR count). The summed E-state index contributed by atoms with van der Waals surface area (Å²) in [5.41, 5.74) is 1.69. The predicted molar refractivity (Wildman–Crippen MR) is 110 cm³/mol. The van der Waals surface area contributed by atoms with Crippen LogP contribution >= 0.6 is 11.3 Å². The molecule has 0 radical (unpaired) electrons. The maximum absolute atomic E-state index is 13.2. The Morgan fingerprint density at radius 3 is 2.93 bits per heavy atom. The van der Waals surface area contributed by atoms with Gasteiger partial charge < -0.3 is 14.6 Å². The van der Waals surface area contributed by atoms with Gasteiger partial charge in [0.1, 0.15) is 22.5 Å². The van der Waals surface area contributed by atoms with Crippen molar-refractivity contribution >= 4 is 22.4 Å². The molecule has 0 bridgehead atoms. The third kappa shape index (κ3) is 4.17. The van der Waals surface area contributed by atoms with Gasteiger partial charge in [-0.15, -0.1) is 0 Å². The second kappa shape index (κ2) is 8.32. The lowest BCUT2D eigenvalue weighted by molar-refractivity contribution is 0.0718. The number of benzene rings is 1. The van der Waals surface area contributed by atoms with Gasteiger partial charge in [-0.05, 0) is 44.4 Å². The molecule has 0 saturated carbocycles. The third-order valence-electron chi connectivity index (χ3n) is 4.98. The summed E-state index contributed by atoms with van der Waals surface area (Å²) in [6.45, 7) is 5.30. The summed E-state index contributed by atoms with van der Waals surface area (Å²) in [5, 5.41) is 3.93. The number of hydrogen-bond donors (Lipinski definition) is 1. The first-order chi connectivity index (χ1) is 14.0. The Balaban J connectivity index is 1.50. The van der Waals surface area contributed by atoms with Crippen LogP contribution < -0.4 is 5.32 Å². The van der Waals surface area contributed by atoms with E-state index in [0.717, 1.165) is 35.8 Å². The molecular formula is C21H23FN4O2S. The van der Waals surface area contributed by atoms with Gasteiger partial charge in [-0.2, -0.15) is 0 Å². The van der Waals surface area contributed by atoms with Crippen molar-refractivity contribution < 1.29 is 13.6 Å². The summed E-state index contributed by atoms with van der Waals surface area (Å²) in [4.78, 5) is 24.5. The number of nitrogens with one attached hydrogen (secondary N) is 1. The molecule has 6 nitrogen and oxygen atoms in total. The maximum Gasteiger partial charge on any atom is 0.266 e. The molecule has 1 saturated heterocycles. The van der Waals surface area contributed by atoms with E-state index in [1.807, 2.05) is 18.7 Å². The van der Waals surface area contributed by atoms with E-state index in [9.17, 15) is 9.18 Å². The molecule has 1 amide bonds. The molecule has 1 atom stereocenters. The van der Waals surface area contributed by atoms with Gasteiger partial charge in [-0.25, -0.2) is 14.4 Å². The number of carbonyl (C=O) groups is 1. The maximum atomic E-state index is 13.2. The molecular weight excluding hydrogens is 391 g/mol. The van der Waals surface area contributed by atoms with Crippen LogP contribution in [0.15, 0.2) is 34.9 Å². The van der Waals surface area contributed by atoms with Gasteiger partial charge >= 0.3 is 0 Å². The quantitative estimate of drug-likeness (QED) is 0.639. The summed E-state index contributed by atoms with van der Waals surface area (Å²) < 4.78 is 19.1. The molecule has 1 aliphatic heterocycles. The van der Waals surface area contributed by atoms with E-state index in [2.05, 4.69) is 15.3 Å². The van der Waals surface area contributed by atoms with Crippen molar-refractivity contribution in [3.63, 3.8) is 0 Å². The minimum Gasteiger partial charge on any atom is -0.443 e. The largest absolute Gasteiger partial charge is 0.443 e. The van der Waals surface area contributed by atoms with E-state index in [4.69, 9.17) is 4.42 Å². The van der Waals surface area contributed by atoms with E-state index in [-0.39, 0.29) is 17.8 Å². The van der Waals surface area contributed by atoms with Crippen LogP contribution in [-0.2, 0) is 6.42 Å². The van der Waals surface area contributed by atoms with Crippen molar-refractivity contribution in [3.05, 3.63) is 64.1 Å². The fourth-order valence-corrected chi connectivity index (χ4v) is 4.57. The number of halogens is 1. The van der Waals surface area contributed by atoms with Gasteiger partial charge in [0.25, 0.3) is 5.91 Å². The Hall–Kier alpha value is -2.74. The Morgan fingerprint density at radius 1 is 1.38 bits per heavy atom. The van der Waals surface area contributed by atoms with Crippen LogP contribution in [0.25, 0.3) is 0 Å². The lowest BCUT2D eigenvalue weighted by Gasteiger charge is -2.21. The predicted octanol–water partition coefficient (Wildman–Crippen LogP) is 4.58. The van der Waals surface area contributed by atoms with Crippen LogP contribution in [-0.4, -0.2) is 33.9 Å². The highest BCUT2D eigenvalue weighted by atomic mass is 32.1.